The number of anilines is 1. The van der Waals surface area contributed by atoms with Gasteiger partial charge in [0.05, 0.1) is 10.6 Å². The van der Waals surface area contributed by atoms with E-state index in [1.807, 2.05) is 44.2 Å². The van der Waals surface area contributed by atoms with Gasteiger partial charge in [-0.05, 0) is 86.3 Å². The van der Waals surface area contributed by atoms with Gasteiger partial charge in [0.25, 0.3) is 5.91 Å². The predicted molar refractivity (Wildman–Crippen MR) is 124 cm³/mol. The van der Waals surface area contributed by atoms with Crippen molar-refractivity contribution in [3.63, 3.8) is 0 Å². The summed E-state index contributed by atoms with van der Waals surface area (Å²) in [5.74, 6) is 0.0350. The lowest BCUT2D eigenvalue weighted by molar-refractivity contribution is -0.122. The minimum Gasteiger partial charge on any atom is -0.372 e. The van der Waals surface area contributed by atoms with Gasteiger partial charge in [-0.3, -0.25) is 9.69 Å². The molecule has 5 heteroatoms. The van der Waals surface area contributed by atoms with Gasteiger partial charge in [-0.1, -0.05) is 24.3 Å². The van der Waals surface area contributed by atoms with Crippen molar-refractivity contribution >= 4 is 40.3 Å². The van der Waals surface area contributed by atoms with Gasteiger partial charge < -0.3 is 4.90 Å². The molecule has 2 aromatic carbocycles. The Balaban J connectivity index is 1.62. The number of carbonyl (C=O) groups excluding carboxylic acids is 1. The lowest BCUT2D eigenvalue weighted by Crippen LogP contribution is -2.28. The molecule has 4 rings (SSSR count). The number of aryl methyl sites for hydroxylation is 2. The maximum absolute atomic E-state index is 13.0. The molecule has 2 heterocycles. The van der Waals surface area contributed by atoms with Crippen molar-refractivity contribution in [1.82, 2.24) is 4.90 Å². The highest BCUT2D eigenvalue weighted by Crippen LogP contribution is 2.35. The number of aliphatic imine (C=N–C) groups is 1. The van der Waals surface area contributed by atoms with Crippen molar-refractivity contribution in [2.45, 2.75) is 33.6 Å². The monoisotopic (exact) mass is 405 g/mol. The topological polar surface area (TPSA) is 35.9 Å². The lowest BCUT2D eigenvalue weighted by atomic mass is 10.1. The molecule has 1 amide bonds. The highest BCUT2D eigenvalue weighted by Gasteiger charge is 2.32. The highest BCUT2D eigenvalue weighted by atomic mass is 32.2. The minimum atomic E-state index is 0.0350. The number of carbonyl (C=O) groups is 1. The van der Waals surface area contributed by atoms with E-state index in [-0.39, 0.29) is 5.91 Å². The number of para-hydroxylation sites is 1. The van der Waals surface area contributed by atoms with E-state index in [2.05, 4.69) is 30.0 Å². The van der Waals surface area contributed by atoms with Gasteiger partial charge in [-0.2, -0.15) is 0 Å². The standard InChI is InChI=1S/C24H27N3OS/c1-4-27-23(28)22(29-24(27)25-21-10-6-5-9-17(21)2)16-19-11-12-20(15-18(19)3)26-13-7-8-14-26/h5-6,9-12,15-16H,4,7-8,13-14H2,1-3H3/b22-16-,25-24?. The van der Waals surface area contributed by atoms with E-state index in [1.54, 1.807) is 4.90 Å². The molecule has 0 spiro atoms. The van der Waals surface area contributed by atoms with Crippen molar-refractivity contribution in [2.24, 2.45) is 4.99 Å². The molecule has 2 fully saturated rings. The first kappa shape index (κ1) is 19.8. The molecule has 0 unspecified atom stereocenters. The van der Waals surface area contributed by atoms with Crippen LogP contribution in [0.25, 0.3) is 6.08 Å². The molecule has 4 nitrogen and oxygen atoms in total. The first-order chi connectivity index (χ1) is 14.1. The maximum Gasteiger partial charge on any atom is 0.266 e. The largest absolute Gasteiger partial charge is 0.372 e. The average molecular weight is 406 g/mol. The van der Waals surface area contributed by atoms with Gasteiger partial charge >= 0.3 is 0 Å². The second-order valence-corrected chi connectivity index (χ2v) is 8.59. The number of benzene rings is 2. The third-order valence-corrected chi connectivity index (χ3v) is 6.55. The summed E-state index contributed by atoms with van der Waals surface area (Å²) in [6, 6.07) is 14.6. The fraction of sp³-hybridized carbons (Fsp3) is 0.333. The van der Waals surface area contributed by atoms with E-state index in [0.29, 0.717) is 6.54 Å². The average Bonchev–Trinajstić information content (AvgIpc) is 3.34. The summed E-state index contributed by atoms with van der Waals surface area (Å²) >= 11 is 1.47. The molecule has 0 saturated carbocycles. The number of rotatable bonds is 4. The Labute approximate surface area is 177 Å². The number of amides is 1. The van der Waals surface area contributed by atoms with Crippen LogP contribution in [0.2, 0.25) is 0 Å². The van der Waals surface area contributed by atoms with Crippen molar-refractivity contribution in [3.05, 3.63) is 64.1 Å². The summed E-state index contributed by atoms with van der Waals surface area (Å²) in [5.41, 5.74) is 5.59. The molecular formula is C24H27N3OS. The molecule has 0 aromatic heterocycles. The third kappa shape index (κ3) is 4.10. The molecule has 0 aliphatic carbocycles. The Kier molecular flexibility index (Phi) is 5.76. The zero-order valence-electron chi connectivity index (χ0n) is 17.3. The molecule has 2 aliphatic heterocycles. The molecular weight excluding hydrogens is 378 g/mol. The fourth-order valence-corrected chi connectivity index (χ4v) is 4.84. The maximum atomic E-state index is 13.0. The van der Waals surface area contributed by atoms with E-state index in [0.717, 1.165) is 40.0 Å². The van der Waals surface area contributed by atoms with E-state index in [4.69, 9.17) is 4.99 Å². The molecule has 29 heavy (non-hydrogen) atoms. The summed E-state index contributed by atoms with van der Waals surface area (Å²) < 4.78 is 0. The van der Waals surface area contributed by atoms with Crippen LogP contribution in [-0.2, 0) is 4.79 Å². The lowest BCUT2D eigenvalue weighted by Gasteiger charge is -2.18. The smallest absolute Gasteiger partial charge is 0.266 e. The summed E-state index contributed by atoms with van der Waals surface area (Å²) in [4.78, 5) is 22.7. The first-order valence-corrected chi connectivity index (χ1v) is 11.1. The number of nitrogens with zero attached hydrogens (tertiary/aromatic N) is 3. The summed E-state index contributed by atoms with van der Waals surface area (Å²) in [6.07, 6.45) is 4.55. The van der Waals surface area contributed by atoms with Crippen molar-refractivity contribution in [2.75, 3.05) is 24.5 Å². The number of hydrogen-bond acceptors (Lipinski definition) is 4. The van der Waals surface area contributed by atoms with Crippen LogP contribution in [0.4, 0.5) is 11.4 Å². The Bertz CT molecular complexity index is 989. The molecule has 2 aliphatic rings. The van der Waals surface area contributed by atoms with Crippen LogP contribution >= 0.6 is 11.8 Å². The second-order valence-electron chi connectivity index (χ2n) is 7.58. The second kappa shape index (κ2) is 8.46. The van der Waals surface area contributed by atoms with Crippen LogP contribution < -0.4 is 4.90 Å². The van der Waals surface area contributed by atoms with Gasteiger partial charge in [0.2, 0.25) is 0 Å². The van der Waals surface area contributed by atoms with Gasteiger partial charge in [0.15, 0.2) is 5.17 Å². The summed E-state index contributed by atoms with van der Waals surface area (Å²) in [5, 5.41) is 0.754. The van der Waals surface area contributed by atoms with Crippen LogP contribution in [0, 0.1) is 13.8 Å². The van der Waals surface area contributed by atoms with Crippen molar-refractivity contribution in [3.8, 4) is 0 Å². The van der Waals surface area contributed by atoms with Crippen LogP contribution in [0.15, 0.2) is 52.4 Å². The van der Waals surface area contributed by atoms with E-state index < -0.39 is 0 Å². The fourth-order valence-electron chi connectivity index (χ4n) is 3.80. The first-order valence-electron chi connectivity index (χ1n) is 10.3. The Morgan fingerprint density at radius 3 is 2.52 bits per heavy atom. The van der Waals surface area contributed by atoms with Gasteiger partial charge in [0, 0.05) is 25.3 Å². The highest BCUT2D eigenvalue weighted by molar-refractivity contribution is 8.18. The van der Waals surface area contributed by atoms with Crippen molar-refractivity contribution < 1.29 is 4.79 Å². The van der Waals surface area contributed by atoms with Crippen molar-refractivity contribution in [1.29, 1.82) is 0 Å². The van der Waals surface area contributed by atoms with E-state index in [9.17, 15) is 4.79 Å². The van der Waals surface area contributed by atoms with Crippen LogP contribution in [0.3, 0.4) is 0 Å². The number of hydrogen-bond donors (Lipinski definition) is 0. The van der Waals surface area contributed by atoms with E-state index >= 15 is 0 Å². The van der Waals surface area contributed by atoms with Crippen LogP contribution in [0.1, 0.15) is 36.5 Å². The number of likely N-dealkylation sites (N-methyl/N-ethyl adjacent to an activating group) is 1. The van der Waals surface area contributed by atoms with Gasteiger partial charge in [-0.25, -0.2) is 4.99 Å². The summed E-state index contributed by atoms with van der Waals surface area (Å²) in [6.45, 7) is 9.04. The molecule has 0 N–H and O–H groups in total. The Morgan fingerprint density at radius 1 is 1.07 bits per heavy atom. The number of thioether (sulfide) groups is 1. The van der Waals surface area contributed by atoms with Gasteiger partial charge in [-0.15, -0.1) is 0 Å². The third-order valence-electron chi connectivity index (χ3n) is 5.55. The zero-order valence-corrected chi connectivity index (χ0v) is 18.1. The summed E-state index contributed by atoms with van der Waals surface area (Å²) in [7, 11) is 0. The normalized spacial score (nSPS) is 19.8. The van der Waals surface area contributed by atoms with Crippen LogP contribution in [-0.4, -0.2) is 35.6 Å². The minimum absolute atomic E-state index is 0.0350. The number of amidine groups is 1. The zero-order chi connectivity index (χ0) is 20.4. The molecule has 2 saturated heterocycles. The molecule has 150 valence electrons. The molecule has 0 atom stereocenters. The molecule has 0 radical (unpaired) electrons. The Morgan fingerprint density at radius 2 is 1.83 bits per heavy atom. The van der Waals surface area contributed by atoms with Gasteiger partial charge in [0.1, 0.15) is 0 Å². The van der Waals surface area contributed by atoms with E-state index in [1.165, 1.54) is 35.9 Å². The Hall–Kier alpha value is -2.53. The predicted octanol–water partition coefficient (Wildman–Crippen LogP) is 5.53. The SMILES string of the molecule is CCN1C(=O)/C(=C/c2ccc(N3CCCC3)cc2C)SC1=Nc1ccccc1C. The molecule has 2 aromatic rings. The molecule has 0 bridgehead atoms. The quantitative estimate of drug-likeness (QED) is 0.628. The van der Waals surface area contributed by atoms with Crippen LogP contribution in [0.5, 0.6) is 0 Å².